The molecule has 0 aromatic heterocycles. The Morgan fingerprint density at radius 2 is 2.00 bits per heavy atom. The number of nitrogens with zero attached hydrogens (tertiary/aromatic N) is 2. The Balaban J connectivity index is 1.46. The third kappa shape index (κ3) is 3.57. The highest BCUT2D eigenvalue weighted by Crippen LogP contribution is 2.52. The van der Waals surface area contributed by atoms with E-state index >= 15 is 0 Å². The van der Waals surface area contributed by atoms with E-state index in [4.69, 9.17) is 21.7 Å². The molecule has 32 heavy (non-hydrogen) atoms. The van der Waals surface area contributed by atoms with E-state index in [0.29, 0.717) is 27.7 Å². The number of benzene rings is 2. The average molecular weight is 467 g/mol. The summed E-state index contributed by atoms with van der Waals surface area (Å²) in [6.07, 6.45) is 5.41. The van der Waals surface area contributed by atoms with E-state index in [1.165, 1.54) is 46.4 Å². The maximum Gasteiger partial charge on any atom is 0.294 e. The van der Waals surface area contributed by atoms with Gasteiger partial charge in [-0.15, -0.1) is 0 Å². The van der Waals surface area contributed by atoms with Gasteiger partial charge in [-0.1, -0.05) is 36.5 Å². The number of anilines is 2. The minimum atomic E-state index is -0.235. The van der Waals surface area contributed by atoms with Gasteiger partial charge in [-0.2, -0.15) is 0 Å². The third-order valence-corrected chi connectivity index (χ3v) is 7.69. The largest absolute Gasteiger partial charge is 0.497 e. The Hall–Kier alpha value is -2.84. The van der Waals surface area contributed by atoms with E-state index in [9.17, 15) is 9.59 Å². The summed E-state index contributed by atoms with van der Waals surface area (Å²) in [7, 11) is 1.68. The predicted molar refractivity (Wildman–Crippen MR) is 129 cm³/mol. The lowest BCUT2D eigenvalue weighted by Crippen LogP contribution is -2.30. The Kier molecular flexibility index (Phi) is 5.65. The molecule has 1 saturated heterocycles. The molecule has 2 unspecified atom stereocenters. The van der Waals surface area contributed by atoms with Crippen molar-refractivity contribution >= 4 is 58.1 Å². The highest BCUT2D eigenvalue weighted by Gasteiger charge is 2.42. The molecule has 2 aromatic rings. The number of carbonyl (C=O) groups is 2. The molecule has 2 atom stereocenters. The third-order valence-electron chi connectivity index (χ3n) is 6.32. The Morgan fingerprint density at radius 1 is 1.19 bits per heavy atom. The summed E-state index contributed by atoms with van der Waals surface area (Å²) in [5, 5.41) is 0. The molecule has 2 fully saturated rings. The van der Waals surface area contributed by atoms with Crippen LogP contribution in [0.3, 0.4) is 0 Å². The number of thiocarbonyl (C=S) groups is 1. The Bertz CT molecular complexity index is 1120. The monoisotopic (exact) mass is 466 g/mol. The molecule has 0 spiro atoms. The smallest absolute Gasteiger partial charge is 0.294 e. The van der Waals surface area contributed by atoms with Crippen LogP contribution in [0.4, 0.5) is 11.4 Å². The van der Waals surface area contributed by atoms with E-state index in [0.717, 1.165) is 17.7 Å². The highest BCUT2D eigenvalue weighted by atomic mass is 32.2. The number of thioether (sulfide) groups is 1. The molecule has 6 nitrogen and oxygen atoms in total. The minimum Gasteiger partial charge on any atom is -0.497 e. The summed E-state index contributed by atoms with van der Waals surface area (Å²) in [5.74, 6) is 1.10. The van der Waals surface area contributed by atoms with E-state index in [1.807, 2.05) is 24.3 Å². The zero-order valence-corrected chi connectivity index (χ0v) is 19.2. The first kappa shape index (κ1) is 21.0. The molecular formula is C24H22N2O4S2. The van der Waals surface area contributed by atoms with Crippen LogP contribution in [0.5, 0.6) is 5.75 Å². The second-order valence-electron chi connectivity index (χ2n) is 7.99. The van der Waals surface area contributed by atoms with Crippen molar-refractivity contribution < 1.29 is 19.1 Å². The Labute approximate surface area is 196 Å². The van der Waals surface area contributed by atoms with Gasteiger partial charge in [-0.3, -0.25) is 14.5 Å². The van der Waals surface area contributed by atoms with Gasteiger partial charge in [-0.25, -0.2) is 0 Å². The molecular weight excluding hydrogens is 444 g/mol. The fourth-order valence-electron chi connectivity index (χ4n) is 4.91. The fourth-order valence-corrected chi connectivity index (χ4v) is 6.14. The van der Waals surface area contributed by atoms with E-state index in [1.54, 1.807) is 7.11 Å². The number of ether oxygens (including phenoxy) is 2. The second kappa shape index (κ2) is 8.60. The first-order valence-electron chi connectivity index (χ1n) is 10.5. The van der Waals surface area contributed by atoms with Crippen molar-refractivity contribution in [1.82, 2.24) is 4.90 Å². The maximum absolute atomic E-state index is 12.7. The van der Waals surface area contributed by atoms with E-state index < -0.39 is 0 Å². The van der Waals surface area contributed by atoms with Crippen molar-refractivity contribution in [1.29, 1.82) is 0 Å². The first-order chi connectivity index (χ1) is 15.6. The molecule has 0 radical (unpaired) electrons. The first-order valence-corrected chi connectivity index (χ1v) is 11.7. The molecule has 5 rings (SSSR count). The summed E-state index contributed by atoms with van der Waals surface area (Å²) in [4.78, 5) is 27.4. The molecule has 1 saturated carbocycles. The molecule has 8 heteroatoms. The van der Waals surface area contributed by atoms with Gasteiger partial charge < -0.3 is 14.4 Å². The van der Waals surface area contributed by atoms with Gasteiger partial charge >= 0.3 is 0 Å². The molecule has 2 aliphatic heterocycles. The number of amides is 1. The molecule has 1 aliphatic carbocycles. The van der Waals surface area contributed by atoms with Gasteiger partial charge in [0.05, 0.1) is 12.0 Å². The molecule has 164 valence electrons. The van der Waals surface area contributed by atoms with Crippen molar-refractivity contribution in [2.75, 3.05) is 18.7 Å². The number of rotatable bonds is 6. The standard InChI is InChI=1S/C24H22N2O4S2/c1-29-17-8-6-16(7-9-17)26-20-4-2-3-18(20)19-11-15(5-10-21(19)26)12-22-23(28)25(13-30-14-27)24(31)32-22/h5-12,14,18,20H,2-4,13H2,1H3/b22-12-. The zero-order valence-electron chi connectivity index (χ0n) is 17.5. The van der Waals surface area contributed by atoms with Crippen LogP contribution >= 0.6 is 24.0 Å². The van der Waals surface area contributed by atoms with Crippen molar-refractivity contribution in [3.63, 3.8) is 0 Å². The van der Waals surface area contributed by atoms with E-state index in [2.05, 4.69) is 29.2 Å². The number of carbonyl (C=O) groups excluding carboxylic acids is 2. The van der Waals surface area contributed by atoms with Gasteiger partial charge in [-0.05, 0) is 66.4 Å². The van der Waals surface area contributed by atoms with Crippen molar-refractivity contribution in [2.45, 2.75) is 31.2 Å². The summed E-state index contributed by atoms with van der Waals surface area (Å²) in [5.41, 5.74) is 4.71. The lowest BCUT2D eigenvalue weighted by Gasteiger charge is -2.27. The van der Waals surface area contributed by atoms with Crippen LogP contribution < -0.4 is 9.64 Å². The topological polar surface area (TPSA) is 59.1 Å². The predicted octanol–water partition coefficient (Wildman–Crippen LogP) is 4.81. The van der Waals surface area contributed by atoms with Crippen molar-refractivity contribution in [2.24, 2.45) is 0 Å². The maximum atomic E-state index is 12.7. The normalized spacial score (nSPS) is 23.0. The van der Waals surface area contributed by atoms with Gasteiger partial charge in [0.25, 0.3) is 12.4 Å². The summed E-state index contributed by atoms with van der Waals surface area (Å²) < 4.78 is 10.4. The van der Waals surface area contributed by atoms with Gasteiger partial charge in [0, 0.05) is 23.3 Å². The molecule has 2 aromatic carbocycles. The lowest BCUT2D eigenvalue weighted by molar-refractivity contribution is -0.135. The van der Waals surface area contributed by atoms with Crippen LogP contribution in [0.15, 0.2) is 47.4 Å². The molecule has 0 N–H and O–H groups in total. The number of methoxy groups -OCH3 is 1. The van der Waals surface area contributed by atoms with Crippen LogP contribution in [0.25, 0.3) is 6.08 Å². The van der Waals surface area contributed by atoms with Gasteiger partial charge in [0.15, 0.2) is 11.1 Å². The molecule has 0 bridgehead atoms. The summed E-state index contributed by atoms with van der Waals surface area (Å²) in [6.45, 7) is 0.158. The van der Waals surface area contributed by atoms with Crippen LogP contribution in [0, 0.1) is 0 Å². The molecule has 3 aliphatic rings. The summed E-state index contributed by atoms with van der Waals surface area (Å²) in [6, 6.07) is 15.1. The van der Waals surface area contributed by atoms with Crippen LogP contribution in [0.2, 0.25) is 0 Å². The lowest BCUT2D eigenvalue weighted by atomic mass is 9.96. The molecule has 2 heterocycles. The van der Waals surface area contributed by atoms with Crippen LogP contribution in [-0.4, -0.2) is 41.5 Å². The average Bonchev–Trinajstić information content (AvgIpc) is 3.46. The van der Waals surface area contributed by atoms with Gasteiger partial charge in [0.2, 0.25) is 0 Å². The fraction of sp³-hybridized carbons (Fsp3) is 0.292. The minimum absolute atomic E-state index is 0.156. The SMILES string of the molecule is COc1ccc(N2c3ccc(/C=C4\SC(=S)N(COC=O)C4=O)cc3C3CCCC32)cc1. The molecule has 1 amide bonds. The van der Waals surface area contributed by atoms with Gasteiger partial charge in [0.1, 0.15) is 5.75 Å². The van der Waals surface area contributed by atoms with E-state index in [-0.39, 0.29) is 12.6 Å². The Morgan fingerprint density at radius 3 is 2.75 bits per heavy atom. The van der Waals surface area contributed by atoms with Crippen molar-refractivity contribution in [3.05, 3.63) is 58.5 Å². The number of hydrogen-bond donors (Lipinski definition) is 0. The van der Waals surface area contributed by atoms with Crippen molar-refractivity contribution in [3.8, 4) is 5.75 Å². The van der Waals surface area contributed by atoms with Crippen LogP contribution in [-0.2, 0) is 14.3 Å². The number of fused-ring (bicyclic) bond motifs is 3. The second-order valence-corrected chi connectivity index (χ2v) is 9.67. The van der Waals surface area contributed by atoms with Crippen LogP contribution in [0.1, 0.15) is 36.3 Å². The quantitative estimate of drug-likeness (QED) is 0.344. The highest BCUT2D eigenvalue weighted by molar-refractivity contribution is 8.26. The zero-order chi connectivity index (χ0) is 22.2. The summed E-state index contributed by atoms with van der Waals surface area (Å²) >= 11 is 6.50. The number of hydrogen-bond acceptors (Lipinski definition) is 7.